The van der Waals surface area contributed by atoms with E-state index in [0.717, 1.165) is 27.6 Å². The Hall–Kier alpha value is -2.71. The van der Waals surface area contributed by atoms with E-state index in [4.69, 9.17) is 9.47 Å². The Kier molecular flexibility index (Phi) is 4.91. The number of imidazole rings is 1. The Morgan fingerprint density at radius 1 is 1.41 bits per heavy atom. The number of nitrogens with zero attached hydrogens (tertiary/aromatic N) is 4. The van der Waals surface area contributed by atoms with Crippen LogP contribution in [0.1, 0.15) is 0 Å². The van der Waals surface area contributed by atoms with E-state index < -0.39 is 0 Å². The van der Waals surface area contributed by atoms with E-state index in [2.05, 4.69) is 14.5 Å². The van der Waals surface area contributed by atoms with Crippen molar-refractivity contribution in [3.63, 3.8) is 0 Å². The van der Waals surface area contributed by atoms with Crippen LogP contribution in [-0.4, -0.2) is 58.8 Å². The zero-order valence-corrected chi connectivity index (χ0v) is 16.0. The van der Waals surface area contributed by atoms with Gasteiger partial charge in [0.25, 0.3) is 0 Å². The third-order valence-corrected chi connectivity index (χ3v) is 5.37. The number of rotatable bonds is 5. The van der Waals surface area contributed by atoms with Crippen LogP contribution in [0.5, 0.6) is 5.75 Å². The summed E-state index contributed by atoms with van der Waals surface area (Å²) in [6.07, 6.45) is 3.59. The Bertz CT molecular complexity index is 938. The number of amides is 1. The number of carbonyl (C=O) groups is 1. The standard InChI is InChI=1S/C19H20N4O3S/c1-22-8-15(26-10-17(22)24)9-23-11-21-18(19(23)16-7-20-12-27-16)13-4-3-5-14(6-13)25-2/h3-7,11-12,15H,8-10H2,1-2H3. The van der Waals surface area contributed by atoms with E-state index in [9.17, 15) is 4.79 Å². The number of hydrogen-bond donors (Lipinski definition) is 0. The zero-order valence-electron chi connectivity index (χ0n) is 15.2. The highest BCUT2D eigenvalue weighted by molar-refractivity contribution is 7.13. The second-order valence-corrected chi connectivity index (χ2v) is 7.29. The monoisotopic (exact) mass is 384 g/mol. The number of ether oxygens (including phenoxy) is 2. The maximum atomic E-state index is 11.7. The van der Waals surface area contributed by atoms with Gasteiger partial charge in [0.15, 0.2) is 0 Å². The highest BCUT2D eigenvalue weighted by Crippen LogP contribution is 2.35. The Morgan fingerprint density at radius 3 is 3.04 bits per heavy atom. The van der Waals surface area contributed by atoms with Crippen LogP contribution in [0.4, 0.5) is 0 Å². The summed E-state index contributed by atoms with van der Waals surface area (Å²) in [7, 11) is 3.46. The number of benzene rings is 1. The average Bonchev–Trinajstić information content (AvgIpc) is 3.34. The fourth-order valence-electron chi connectivity index (χ4n) is 3.18. The van der Waals surface area contributed by atoms with E-state index in [0.29, 0.717) is 13.1 Å². The minimum absolute atomic E-state index is 0.0108. The number of aromatic nitrogens is 3. The molecule has 1 aliphatic heterocycles. The summed E-state index contributed by atoms with van der Waals surface area (Å²) in [4.78, 5) is 23.3. The van der Waals surface area contributed by atoms with Crippen molar-refractivity contribution in [3.8, 4) is 27.6 Å². The van der Waals surface area contributed by atoms with Gasteiger partial charge in [0.05, 0.1) is 47.9 Å². The molecule has 3 aromatic rings. The van der Waals surface area contributed by atoms with Crippen LogP contribution in [0.25, 0.3) is 21.8 Å². The van der Waals surface area contributed by atoms with Crippen molar-refractivity contribution < 1.29 is 14.3 Å². The Morgan fingerprint density at radius 2 is 2.30 bits per heavy atom. The van der Waals surface area contributed by atoms with Gasteiger partial charge < -0.3 is 18.9 Å². The van der Waals surface area contributed by atoms with Crippen LogP contribution in [0.15, 0.2) is 42.3 Å². The highest BCUT2D eigenvalue weighted by Gasteiger charge is 2.26. The summed E-state index contributed by atoms with van der Waals surface area (Å²) in [5.41, 5.74) is 4.66. The molecule has 4 rings (SSSR count). The number of hydrogen-bond acceptors (Lipinski definition) is 6. The van der Waals surface area contributed by atoms with E-state index in [1.807, 2.05) is 42.3 Å². The van der Waals surface area contributed by atoms with Crippen LogP contribution in [0.3, 0.4) is 0 Å². The maximum Gasteiger partial charge on any atom is 0.248 e. The van der Waals surface area contributed by atoms with Crippen LogP contribution in [0.2, 0.25) is 0 Å². The third kappa shape index (κ3) is 3.58. The topological polar surface area (TPSA) is 69.5 Å². The van der Waals surface area contributed by atoms with E-state index in [1.165, 1.54) is 0 Å². The molecular weight excluding hydrogens is 364 g/mol. The van der Waals surface area contributed by atoms with Crippen molar-refractivity contribution in [1.29, 1.82) is 0 Å². The largest absolute Gasteiger partial charge is 0.497 e. The molecule has 1 unspecified atom stereocenters. The van der Waals surface area contributed by atoms with E-state index >= 15 is 0 Å². The fraction of sp³-hybridized carbons (Fsp3) is 0.316. The molecular formula is C19H20N4O3S. The minimum atomic E-state index is -0.0771. The molecule has 0 N–H and O–H groups in total. The first-order valence-electron chi connectivity index (χ1n) is 8.59. The van der Waals surface area contributed by atoms with Crippen LogP contribution >= 0.6 is 11.3 Å². The van der Waals surface area contributed by atoms with Crippen molar-refractivity contribution in [2.75, 3.05) is 27.3 Å². The van der Waals surface area contributed by atoms with E-state index in [1.54, 1.807) is 30.4 Å². The summed E-state index contributed by atoms with van der Waals surface area (Å²) < 4.78 is 13.2. The predicted molar refractivity (Wildman–Crippen MR) is 103 cm³/mol. The number of thiazole rings is 1. The van der Waals surface area contributed by atoms with Gasteiger partial charge >= 0.3 is 0 Å². The molecule has 2 aromatic heterocycles. The molecule has 1 aliphatic rings. The maximum absolute atomic E-state index is 11.7. The highest BCUT2D eigenvalue weighted by atomic mass is 32.1. The summed E-state index contributed by atoms with van der Waals surface area (Å²) in [5.74, 6) is 0.796. The lowest BCUT2D eigenvalue weighted by Crippen LogP contribution is -2.45. The third-order valence-electron chi connectivity index (χ3n) is 4.59. The molecule has 0 radical (unpaired) electrons. The second-order valence-electron chi connectivity index (χ2n) is 6.40. The first-order chi connectivity index (χ1) is 13.2. The molecule has 1 atom stereocenters. The average molecular weight is 384 g/mol. The van der Waals surface area contributed by atoms with Crippen molar-refractivity contribution in [3.05, 3.63) is 42.3 Å². The molecule has 140 valence electrons. The predicted octanol–water partition coefficient (Wildman–Crippen LogP) is 2.54. The Balaban J connectivity index is 1.70. The van der Waals surface area contributed by atoms with Crippen LogP contribution in [0, 0.1) is 0 Å². The summed E-state index contributed by atoms with van der Waals surface area (Å²) in [6.45, 7) is 1.30. The number of morpholine rings is 1. The first-order valence-corrected chi connectivity index (χ1v) is 9.47. The van der Waals surface area contributed by atoms with Gasteiger partial charge in [-0.2, -0.15) is 0 Å². The molecule has 3 heterocycles. The van der Waals surface area contributed by atoms with Gasteiger partial charge in [0.1, 0.15) is 12.4 Å². The normalized spacial score (nSPS) is 17.3. The number of methoxy groups -OCH3 is 1. The molecule has 0 bridgehead atoms. The summed E-state index contributed by atoms with van der Waals surface area (Å²) in [6, 6.07) is 7.86. The molecule has 1 fully saturated rings. The number of carbonyl (C=O) groups excluding carboxylic acids is 1. The quantitative estimate of drug-likeness (QED) is 0.676. The second kappa shape index (κ2) is 7.50. The lowest BCUT2D eigenvalue weighted by Gasteiger charge is -2.30. The van der Waals surface area contributed by atoms with Gasteiger partial charge in [-0.25, -0.2) is 4.98 Å². The summed E-state index contributed by atoms with van der Waals surface area (Å²) in [5, 5.41) is 0. The molecule has 0 spiro atoms. The molecule has 1 aromatic carbocycles. The number of likely N-dealkylation sites (N-methyl/N-ethyl adjacent to an activating group) is 1. The fourth-order valence-corrected chi connectivity index (χ4v) is 3.87. The van der Waals surface area contributed by atoms with Crippen LogP contribution in [-0.2, 0) is 16.1 Å². The Labute approximate surface area is 161 Å². The van der Waals surface area contributed by atoms with Crippen LogP contribution < -0.4 is 4.74 Å². The molecule has 0 aliphatic carbocycles. The molecule has 8 heteroatoms. The van der Waals surface area contributed by atoms with Gasteiger partial charge in [-0.05, 0) is 12.1 Å². The SMILES string of the molecule is COc1cccc(-c2ncn(CC3CN(C)C(=O)CO3)c2-c2cncs2)c1. The van der Waals surface area contributed by atoms with Crippen molar-refractivity contribution in [1.82, 2.24) is 19.4 Å². The van der Waals surface area contributed by atoms with Crippen molar-refractivity contribution in [2.45, 2.75) is 12.6 Å². The van der Waals surface area contributed by atoms with Crippen molar-refractivity contribution >= 4 is 17.2 Å². The van der Waals surface area contributed by atoms with E-state index in [-0.39, 0.29) is 18.6 Å². The molecule has 1 saturated heterocycles. The molecule has 1 amide bonds. The minimum Gasteiger partial charge on any atom is -0.497 e. The van der Waals surface area contributed by atoms with Gasteiger partial charge in [0, 0.05) is 25.4 Å². The lowest BCUT2D eigenvalue weighted by molar-refractivity contribution is -0.147. The van der Waals surface area contributed by atoms with Gasteiger partial charge in [-0.15, -0.1) is 11.3 Å². The van der Waals surface area contributed by atoms with Crippen molar-refractivity contribution in [2.24, 2.45) is 0 Å². The summed E-state index contributed by atoms with van der Waals surface area (Å²) >= 11 is 1.57. The first kappa shape index (κ1) is 17.7. The smallest absolute Gasteiger partial charge is 0.248 e. The molecule has 27 heavy (non-hydrogen) atoms. The van der Waals surface area contributed by atoms with Gasteiger partial charge in [-0.3, -0.25) is 9.78 Å². The van der Waals surface area contributed by atoms with Gasteiger partial charge in [-0.1, -0.05) is 12.1 Å². The van der Waals surface area contributed by atoms with Gasteiger partial charge in [0.2, 0.25) is 5.91 Å². The zero-order chi connectivity index (χ0) is 18.8. The molecule has 7 nitrogen and oxygen atoms in total. The lowest BCUT2D eigenvalue weighted by atomic mass is 10.1. The molecule has 0 saturated carbocycles.